The van der Waals surface area contributed by atoms with E-state index < -0.39 is 11.8 Å². The predicted octanol–water partition coefficient (Wildman–Crippen LogP) is 1.43. The maximum atomic E-state index is 12.0. The molecule has 0 spiro atoms. The summed E-state index contributed by atoms with van der Waals surface area (Å²) in [5.74, 6) is 0. The number of nitrogens with zero attached hydrogens (tertiary/aromatic N) is 1. The number of aromatic amines is 1. The van der Waals surface area contributed by atoms with Crippen LogP contribution in [-0.2, 0) is 11.3 Å². The highest BCUT2D eigenvalue weighted by Crippen LogP contribution is 2.41. The van der Waals surface area contributed by atoms with Gasteiger partial charge in [-0.15, -0.1) is 11.8 Å². The van der Waals surface area contributed by atoms with Gasteiger partial charge in [0.1, 0.15) is 0 Å². The second kappa shape index (κ2) is 7.38. The van der Waals surface area contributed by atoms with Crippen molar-refractivity contribution in [2.45, 2.75) is 36.7 Å². The Morgan fingerprint density at radius 1 is 1.33 bits per heavy atom. The number of H-pyrrole nitrogens is 1. The molecule has 0 amide bonds. The molecule has 0 saturated carbocycles. The Bertz CT molecular complexity index is 802. The van der Waals surface area contributed by atoms with Gasteiger partial charge in [0.25, 0.3) is 5.56 Å². The second-order valence-electron chi connectivity index (χ2n) is 5.91. The summed E-state index contributed by atoms with van der Waals surface area (Å²) < 4.78 is 7.19. The van der Waals surface area contributed by atoms with Gasteiger partial charge in [-0.2, -0.15) is 0 Å². The lowest BCUT2D eigenvalue weighted by atomic mass is 10.2. The molecule has 0 bridgehead atoms. The second-order valence-corrected chi connectivity index (χ2v) is 7.33. The van der Waals surface area contributed by atoms with Crippen LogP contribution in [0, 0.1) is 6.92 Å². The van der Waals surface area contributed by atoms with Crippen LogP contribution >= 0.6 is 11.8 Å². The molecule has 2 aromatic rings. The largest absolute Gasteiger partial charge is 0.392 e. The molecule has 1 aliphatic heterocycles. The number of nitrogens with one attached hydrogen (secondary N) is 1. The number of benzene rings is 1. The summed E-state index contributed by atoms with van der Waals surface area (Å²) in [6, 6.07) is 9.85. The molecule has 3 rings (SSSR count). The van der Waals surface area contributed by atoms with Crippen molar-refractivity contribution in [3.63, 3.8) is 0 Å². The highest BCUT2D eigenvalue weighted by atomic mass is 32.2. The minimum Gasteiger partial charge on any atom is -0.392 e. The summed E-state index contributed by atoms with van der Waals surface area (Å²) in [7, 11) is 0. The third-order valence-corrected chi connectivity index (χ3v) is 5.59. The Morgan fingerprint density at radius 3 is 2.83 bits per heavy atom. The normalized spacial score (nSPS) is 23.5. The summed E-state index contributed by atoms with van der Waals surface area (Å²) in [5, 5.41) is 9.94. The molecule has 6 nitrogen and oxygen atoms in total. The zero-order chi connectivity index (χ0) is 17.1. The van der Waals surface area contributed by atoms with E-state index >= 15 is 0 Å². The Labute approximate surface area is 143 Å². The van der Waals surface area contributed by atoms with Crippen molar-refractivity contribution >= 4 is 11.8 Å². The van der Waals surface area contributed by atoms with Crippen LogP contribution in [0.15, 0.2) is 46.1 Å². The van der Waals surface area contributed by atoms with Crippen LogP contribution in [0.2, 0.25) is 0 Å². The maximum Gasteiger partial charge on any atom is 0.329 e. The van der Waals surface area contributed by atoms with E-state index in [-0.39, 0.29) is 16.2 Å². The summed E-state index contributed by atoms with van der Waals surface area (Å²) in [5.41, 5.74) is 0.746. The predicted molar refractivity (Wildman–Crippen MR) is 93.2 cm³/mol. The van der Waals surface area contributed by atoms with Gasteiger partial charge < -0.3 is 9.84 Å². The Kier molecular flexibility index (Phi) is 5.23. The maximum absolute atomic E-state index is 12.0. The van der Waals surface area contributed by atoms with E-state index in [2.05, 4.69) is 4.98 Å². The smallest absolute Gasteiger partial charge is 0.329 e. The molecule has 1 aromatic heterocycles. The van der Waals surface area contributed by atoms with Crippen LogP contribution in [0.5, 0.6) is 0 Å². The first-order valence-corrected chi connectivity index (χ1v) is 8.76. The van der Waals surface area contributed by atoms with Crippen molar-refractivity contribution < 1.29 is 9.84 Å². The average Bonchev–Trinajstić information content (AvgIpc) is 2.93. The molecule has 1 aliphatic rings. The van der Waals surface area contributed by atoms with Crippen LogP contribution < -0.4 is 11.2 Å². The first-order valence-electron chi connectivity index (χ1n) is 7.82. The van der Waals surface area contributed by atoms with Gasteiger partial charge in [0, 0.05) is 18.2 Å². The molecule has 24 heavy (non-hydrogen) atoms. The number of hydrogen-bond donors (Lipinski definition) is 2. The van der Waals surface area contributed by atoms with Gasteiger partial charge in [-0.1, -0.05) is 30.3 Å². The molecule has 0 aliphatic carbocycles. The van der Waals surface area contributed by atoms with Crippen LogP contribution in [-0.4, -0.2) is 32.6 Å². The van der Waals surface area contributed by atoms with Gasteiger partial charge in [0.15, 0.2) is 0 Å². The van der Waals surface area contributed by atoms with Gasteiger partial charge in [-0.05, 0) is 12.5 Å². The lowest BCUT2D eigenvalue weighted by molar-refractivity contribution is 0.0802. The molecule has 7 heteroatoms. The first-order chi connectivity index (χ1) is 11.5. The van der Waals surface area contributed by atoms with E-state index in [0.717, 1.165) is 5.56 Å². The van der Waals surface area contributed by atoms with E-state index in [1.165, 1.54) is 16.3 Å². The zero-order valence-electron chi connectivity index (χ0n) is 13.3. The van der Waals surface area contributed by atoms with Gasteiger partial charge in [-0.25, -0.2) is 4.79 Å². The third-order valence-electron chi connectivity index (χ3n) is 4.05. The number of rotatable bonds is 5. The van der Waals surface area contributed by atoms with E-state index in [1.807, 2.05) is 30.3 Å². The number of hydrogen-bond acceptors (Lipinski definition) is 5. The van der Waals surface area contributed by atoms with E-state index in [0.29, 0.717) is 25.2 Å². The molecule has 1 saturated heterocycles. The summed E-state index contributed by atoms with van der Waals surface area (Å²) in [6.07, 6.45) is 1.46. The summed E-state index contributed by atoms with van der Waals surface area (Å²) in [6.45, 7) is 2.56. The quantitative estimate of drug-likeness (QED) is 0.854. The van der Waals surface area contributed by atoms with Gasteiger partial charge in [0.2, 0.25) is 0 Å². The minimum atomic E-state index is -0.546. The monoisotopic (exact) mass is 348 g/mol. The molecule has 0 unspecified atom stereocenters. The average molecular weight is 348 g/mol. The Hall–Kier alpha value is -1.83. The summed E-state index contributed by atoms with van der Waals surface area (Å²) in [4.78, 5) is 25.7. The summed E-state index contributed by atoms with van der Waals surface area (Å²) >= 11 is 1.50. The van der Waals surface area contributed by atoms with Crippen molar-refractivity contribution in [2.75, 3.05) is 6.61 Å². The van der Waals surface area contributed by atoms with Crippen molar-refractivity contribution in [1.29, 1.82) is 0 Å². The van der Waals surface area contributed by atoms with Crippen molar-refractivity contribution in [3.05, 3.63) is 68.5 Å². The van der Waals surface area contributed by atoms with Gasteiger partial charge >= 0.3 is 5.69 Å². The topological polar surface area (TPSA) is 84.3 Å². The highest BCUT2D eigenvalue weighted by Gasteiger charge is 2.35. The molecular weight excluding hydrogens is 328 g/mol. The number of aliphatic hydroxyl groups excluding tert-OH is 1. The van der Waals surface area contributed by atoms with Crippen molar-refractivity contribution in [1.82, 2.24) is 9.55 Å². The van der Waals surface area contributed by atoms with E-state index in [1.54, 1.807) is 13.1 Å². The number of aryl methyl sites for hydroxylation is 1. The van der Waals surface area contributed by atoms with Crippen LogP contribution in [0.1, 0.15) is 22.9 Å². The number of thioether (sulfide) groups is 1. The number of ether oxygens (including phenoxy) is 1. The molecule has 2 heterocycles. The fraction of sp³-hybridized carbons (Fsp3) is 0.412. The molecule has 1 fully saturated rings. The lowest BCUT2D eigenvalue weighted by Gasteiger charge is -2.15. The highest BCUT2D eigenvalue weighted by molar-refractivity contribution is 8.00. The molecule has 3 atom stereocenters. The van der Waals surface area contributed by atoms with Crippen LogP contribution in [0.3, 0.4) is 0 Å². The molecule has 0 radical (unpaired) electrons. The Morgan fingerprint density at radius 2 is 2.08 bits per heavy atom. The van der Waals surface area contributed by atoms with E-state index in [9.17, 15) is 14.7 Å². The molecule has 1 aromatic carbocycles. The standard InChI is InChI=1S/C17H20N2O4S/c1-11-8-19(17(22)18-16(11)21)15-7-13(20)14(24-15)10-23-9-12-5-3-2-4-6-12/h2-6,8,13-15,20H,7,9-10H2,1H3,(H,18,21,22)/t13-,14+,15+/m0/s1. The molecule has 2 N–H and O–H groups in total. The van der Waals surface area contributed by atoms with Crippen molar-refractivity contribution in [2.24, 2.45) is 0 Å². The zero-order valence-corrected chi connectivity index (χ0v) is 14.2. The van der Waals surface area contributed by atoms with Gasteiger partial charge in [0.05, 0.1) is 29.9 Å². The minimum absolute atomic E-state index is 0.0992. The SMILES string of the molecule is Cc1cn([C@H]2C[C@H](O)[C@@H](COCc3ccccc3)S2)c(=O)[nH]c1=O. The fourth-order valence-corrected chi connectivity index (χ4v) is 4.17. The van der Waals surface area contributed by atoms with Gasteiger partial charge in [-0.3, -0.25) is 14.3 Å². The number of aromatic nitrogens is 2. The van der Waals surface area contributed by atoms with Crippen LogP contribution in [0.25, 0.3) is 0 Å². The van der Waals surface area contributed by atoms with Crippen molar-refractivity contribution in [3.8, 4) is 0 Å². The van der Waals surface area contributed by atoms with E-state index in [4.69, 9.17) is 4.74 Å². The molecule has 128 valence electrons. The Balaban J connectivity index is 1.61. The third kappa shape index (κ3) is 3.80. The fourth-order valence-electron chi connectivity index (χ4n) is 2.70. The first kappa shape index (κ1) is 17.0. The van der Waals surface area contributed by atoms with Crippen LogP contribution in [0.4, 0.5) is 0 Å². The number of aliphatic hydroxyl groups is 1. The lowest BCUT2D eigenvalue weighted by Crippen LogP contribution is -2.32. The molecular formula is C17H20N2O4S.